The van der Waals surface area contributed by atoms with E-state index >= 15 is 0 Å². The van der Waals surface area contributed by atoms with Crippen molar-refractivity contribution in [2.24, 2.45) is 0 Å². The molecule has 0 fully saturated rings. The van der Waals surface area contributed by atoms with Crippen LogP contribution in [0.1, 0.15) is 13.8 Å². The summed E-state index contributed by atoms with van der Waals surface area (Å²) in [7, 11) is 0. The van der Waals surface area contributed by atoms with Crippen LogP contribution in [-0.2, 0) is 26.6 Å². The molecule has 0 aromatic carbocycles. The monoisotopic (exact) mass is 151 g/mol. The largest absolute Gasteiger partial charge is 0.466 e. The average Bonchev–Trinajstić information content (AvgIpc) is 1.35. The Hall–Kier alpha value is -0.0105. The first-order valence-electron chi connectivity index (χ1n) is 1.90. The van der Waals surface area contributed by atoms with Gasteiger partial charge in [-0.15, -0.1) is 0 Å². The van der Waals surface area contributed by atoms with Gasteiger partial charge in [0.1, 0.15) is 0 Å². The third kappa shape index (κ3) is 10.7. The fraction of sp³-hybridized carbons (Fsp3) is 0.750. The summed E-state index contributed by atoms with van der Waals surface area (Å²) in [5.41, 5.74) is 0. The summed E-state index contributed by atoms with van der Waals surface area (Å²) >= 11 is 0. The van der Waals surface area contributed by atoms with E-state index in [0.29, 0.717) is 6.61 Å². The first-order valence-corrected chi connectivity index (χ1v) is 1.90. The van der Waals surface area contributed by atoms with Gasteiger partial charge in [0.2, 0.25) is 0 Å². The molecule has 0 atom stereocenters. The molecule has 0 unspecified atom stereocenters. The summed E-state index contributed by atoms with van der Waals surface area (Å²) < 4.78 is 4.40. The van der Waals surface area contributed by atoms with Gasteiger partial charge >= 0.3 is 5.97 Å². The van der Waals surface area contributed by atoms with Crippen molar-refractivity contribution < 1.29 is 26.6 Å². The van der Waals surface area contributed by atoms with E-state index in [9.17, 15) is 4.79 Å². The molecule has 1 radical (unpaired) electrons. The van der Waals surface area contributed by atoms with Crippen LogP contribution in [0.15, 0.2) is 0 Å². The van der Waals surface area contributed by atoms with Crippen LogP contribution in [0, 0.1) is 0 Å². The summed E-state index contributed by atoms with van der Waals surface area (Å²) in [6.07, 6.45) is 0. The fourth-order valence-corrected chi connectivity index (χ4v) is 0.203. The zero-order valence-electron chi connectivity index (χ0n) is 4.33. The van der Waals surface area contributed by atoms with E-state index in [1.54, 1.807) is 6.92 Å². The van der Waals surface area contributed by atoms with Gasteiger partial charge in [-0.25, -0.2) is 0 Å². The summed E-state index contributed by atoms with van der Waals surface area (Å²) in [5, 5.41) is 0. The molecule has 0 aliphatic carbocycles. The summed E-state index contributed by atoms with van der Waals surface area (Å²) in [6, 6.07) is 0. The molecular weight excluding hydrogens is 144 g/mol. The topological polar surface area (TPSA) is 26.3 Å². The van der Waals surface area contributed by atoms with Crippen LogP contribution in [-0.4, -0.2) is 12.6 Å². The van der Waals surface area contributed by atoms with Crippen molar-refractivity contribution in [1.82, 2.24) is 0 Å². The average molecular weight is 152 g/mol. The SMILES string of the molecule is CCOC(C)=O.[Cu]. The number of carbonyl (C=O) groups excluding carboxylic acids is 1. The molecule has 0 heterocycles. The summed E-state index contributed by atoms with van der Waals surface area (Å²) in [4.78, 5) is 9.82. The second-order valence-electron chi connectivity index (χ2n) is 0.925. The second-order valence-corrected chi connectivity index (χ2v) is 0.925. The van der Waals surface area contributed by atoms with Crippen molar-refractivity contribution in [2.45, 2.75) is 13.8 Å². The first-order chi connectivity index (χ1) is 2.77. The Labute approximate surface area is 53.7 Å². The number of hydrogen-bond donors (Lipinski definition) is 0. The van der Waals surface area contributed by atoms with Gasteiger partial charge in [0, 0.05) is 24.0 Å². The molecule has 3 heteroatoms. The van der Waals surface area contributed by atoms with Crippen molar-refractivity contribution >= 4 is 5.97 Å². The van der Waals surface area contributed by atoms with Crippen LogP contribution >= 0.6 is 0 Å². The number of esters is 1. The van der Waals surface area contributed by atoms with Crippen LogP contribution in [0.3, 0.4) is 0 Å². The third-order valence-corrected chi connectivity index (χ3v) is 0.348. The summed E-state index contributed by atoms with van der Waals surface area (Å²) in [5.74, 6) is -0.211. The van der Waals surface area contributed by atoms with E-state index in [-0.39, 0.29) is 23.0 Å². The van der Waals surface area contributed by atoms with Crippen LogP contribution in [0.4, 0.5) is 0 Å². The van der Waals surface area contributed by atoms with E-state index in [1.165, 1.54) is 6.92 Å². The third-order valence-electron chi connectivity index (χ3n) is 0.348. The van der Waals surface area contributed by atoms with E-state index in [4.69, 9.17) is 0 Å². The van der Waals surface area contributed by atoms with Gasteiger partial charge in [0.15, 0.2) is 0 Å². The van der Waals surface area contributed by atoms with Gasteiger partial charge < -0.3 is 4.74 Å². The minimum absolute atomic E-state index is 0. The van der Waals surface area contributed by atoms with E-state index in [0.717, 1.165) is 0 Å². The Morgan fingerprint density at radius 1 is 1.71 bits per heavy atom. The first kappa shape index (κ1) is 10.1. The van der Waals surface area contributed by atoms with Crippen molar-refractivity contribution in [3.8, 4) is 0 Å². The van der Waals surface area contributed by atoms with Crippen LogP contribution in [0.25, 0.3) is 0 Å². The molecule has 0 spiro atoms. The second kappa shape index (κ2) is 5.99. The molecule has 0 rings (SSSR count). The molecule has 0 saturated carbocycles. The molecule has 2 nitrogen and oxygen atoms in total. The molecule has 7 heavy (non-hydrogen) atoms. The van der Waals surface area contributed by atoms with E-state index in [2.05, 4.69) is 4.74 Å². The van der Waals surface area contributed by atoms with Gasteiger partial charge in [-0.3, -0.25) is 4.79 Å². The van der Waals surface area contributed by atoms with Gasteiger partial charge in [-0.1, -0.05) is 0 Å². The zero-order valence-corrected chi connectivity index (χ0v) is 5.27. The molecule has 0 aromatic heterocycles. The maximum absolute atomic E-state index is 9.82. The zero-order chi connectivity index (χ0) is 4.99. The number of carbonyl (C=O) groups is 1. The van der Waals surface area contributed by atoms with Crippen LogP contribution < -0.4 is 0 Å². The van der Waals surface area contributed by atoms with Gasteiger partial charge in [0.25, 0.3) is 0 Å². The van der Waals surface area contributed by atoms with Gasteiger partial charge in [-0.2, -0.15) is 0 Å². The Morgan fingerprint density at radius 2 is 2.14 bits per heavy atom. The molecule has 0 saturated heterocycles. The smallest absolute Gasteiger partial charge is 0.302 e. The molecular formula is C4H8CuO2. The van der Waals surface area contributed by atoms with Crippen molar-refractivity contribution in [2.75, 3.05) is 6.61 Å². The van der Waals surface area contributed by atoms with Crippen molar-refractivity contribution in [3.05, 3.63) is 0 Å². The maximum Gasteiger partial charge on any atom is 0.302 e. The van der Waals surface area contributed by atoms with E-state index in [1.807, 2.05) is 0 Å². The molecule has 0 aliphatic rings. The Balaban J connectivity index is 0. The minimum Gasteiger partial charge on any atom is -0.466 e. The maximum atomic E-state index is 9.82. The normalized spacial score (nSPS) is 6.57. The van der Waals surface area contributed by atoms with E-state index < -0.39 is 0 Å². The van der Waals surface area contributed by atoms with Gasteiger partial charge in [0.05, 0.1) is 6.61 Å². The predicted octanol–water partition coefficient (Wildman–Crippen LogP) is 0.567. The minimum atomic E-state index is -0.211. The molecule has 0 N–H and O–H groups in total. The number of ether oxygens (including phenoxy) is 1. The standard InChI is InChI=1S/C4H8O2.Cu/c1-3-6-4(2)5;/h3H2,1-2H3;. The molecule has 0 aliphatic heterocycles. The summed E-state index contributed by atoms with van der Waals surface area (Å²) in [6.45, 7) is 3.65. The number of rotatable bonds is 1. The van der Waals surface area contributed by atoms with Crippen LogP contribution in [0.2, 0.25) is 0 Å². The van der Waals surface area contributed by atoms with Crippen molar-refractivity contribution in [3.63, 3.8) is 0 Å². The Kier molecular flexibility index (Phi) is 8.62. The predicted molar refractivity (Wildman–Crippen MR) is 22.3 cm³/mol. The van der Waals surface area contributed by atoms with Crippen LogP contribution in [0.5, 0.6) is 0 Å². The van der Waals surface area contributed by atoms with Crippen molar-refractivity contribution in [1.29, 1.82) is 0 Å². The molecule has 0 amide bonds. The molecule has 0 bridgehead atoms. The Morgan fingerprint density at radius 3 is 2.14 bits per heavy atom. The molecule has 47 valence electrons. The quantitative estimate of drug-likeness (QED) is 0.405. The number of hydrogen-bond acceptors (Lipinski definition) is 2. The van der Waals surface area contributed by atoms with Gasteiger partial charge in [-0.05, 0) is 6.92 Å². The molecule has 0 aromatic rings. The fourth-order valence-electron chi connectivity index (χ4n) is 0.203. The Bertz CT molecular complexity index is 53.7.